The summed E-state index contributed by atoms with van der Waals surface area (Å²) in [6, 6.07) is 4.55. The van der Waals surface area contributed by atoms with Crippen molar-refractivity contribution in [3.05, 3.63) is 34.4 Å². The Balaban J connectivity index is 2.15. The molecule has 1 aliphatic rings. The number of nitrogens with one attached hydrogen (secondary N) is 1. The number of carbonyl (C=O) groups is 2. The molecule has 26 heavy (non-hydrogen) atoms. The number of anilines is 1. The van der Waals surface area contributed by atoms with Crippen LogP contribution in [0.1, 0.15) is 34.6 Å². The third-order valence-corrected chi connectivity index (χ3v) is 3.72. The summed E-state index contributed by atoms with van der Waals surface area (Å²) >= 11 is 0. The molecular weight excluding hydrogens is 342 g/mol. The third kappa shape index (κ3) is 4.48. The number of non-ortho nitro benzene ring substituents is 1. The van der Waals surface area contributed by atoms with E-state index >= 15 is 0 Å². The van der Waals surface area contributed by atoms with Crippen LogP contribution in [0.2, 0.25) is 0 Å². The first-order valence-electron chi connectivity index (χ1n) is 8.12. The first kappa shape index (κ1) is 19.6. The van der Waals surface area contributed by atoms with Crippen LogP contribution in [0.15, 0.2) is 24.3 Å². The molecule has 0 saturated carbocycles. The SMILES string of the molecule is CC(C)(C)OC(=O)N1[C@@H](C(=O)Nc2ccc([N+](=O)[O-])cc2)COC1(C)C. The van der Waals surface area contributed by atoms with Gasteiger partial charge in [0.1, 0.15) is 17.4 Å². The van der Waals surface area contributed by atoms with E-state index in [0.29, 0.717) is 5.69 Å². The normalized spacial score (nSPS) is 19.1. The number of nitro benzene ring substituents is 1. The molecule has 2 rings (SSSR count). The van der Waals surface area contributed by atoms with Crippen molar-refractivity contribution in [3.8, 4) is 0 Å². The number of nitro groups is 1. The van der Waals surface area contributed by atoms with Crippen LogP contribution in [0.5, 0.6) is 0 Å². The minimum absolute atomic E-state index is 0.0189. The molecule has 2 amide bonds. The van der Waals surface area contributed by atoms with Crippen molar-refractivity contribution >= 4 is 23.4 Å². The zero-order valence-corrected chi connectivity index (χ0v) is 15.4. The van der Waals surface area contributed by atoms with E-state index in [9.17, 15) is 19.7 Å². The van der Waals surface area contributed by atoms with Crippen LogP contribution in [-0.4, -0.2) is 45.8 Å². The van der Waals surface area contributed by atoms with Crippen molar-refractivity contribution in [3.63, 3.8) is 0 Å². The monoisotopic (exact) mass is 365 g/mol. The molecule has 9 nitrogen and oxygen atoms in total. The molecule has 9 heteroatoms. The predicted molar refractivity (Wildman–Crippen MR) is 93.6 cm³/mol. The fourth-order valence-corrected chi connectivity index (χ4v) is 2.55. The Morgan fingerprint density at radius 1 is 1.31 bits per heavy atom. The lowest BCUT2D eigenvalue weighted by atomic mass is 10.2. The van der Waals surface area contributed by atoms with E-state index in [2.05, 4.69) is 5.32 Å². The molecule has 0 unspecified atom stereocenters. The molecule has 1 aromatic rings. The van der Waals surface area contributed by atoms with Crippen molar-refractivity contribution in [1.82, 2.24) is 4.90 Å². The van der Waals surface area contributed by atoms with Crippen LogP contribution in [-0.2, 0) is 14.3 Å². The number of hydrogen-bond acceptors (Lipinski definition) is 6. The quantitative estimate of drug-likeness (QED) is 0.651. The topological polar surface area (TPSA) is 111 Å². The van der Waals surface area contributed by atoms with Gasteiger partial charge in [-0.05, 0) is 46.8 Å². The van der Waals surface area contributed by atoms with E-state index in [1.54, 1.807) is 34.6 Å². The van der Waals surface area contributed by atoms with Crippen molar-refractivity contribution in [2.24, 2.45) is 0 Å². The summed E-state index contributed by atoms with van der Waals surface area (Å²) in [7, 11) is 0. The van der Waals surface area contributed by atoms with Crippen molar-refractivity contribution in [2.45, 2.75) is 52.0 Å². The maximum Gasteiger partial charge on any atom is 0.413 e. The zero-order valence-electron chi connectivity index (χ0n) is 15.4. The number of nitrogens with zero attached hydrogens (tertiary/aromatic N) is 2. The van der Waals surface area contributed by atoms with Gasteiger partial charge in [-0.15, -0.1) is 0 Å². The highest BCUT2D eigenvalue weighted by Gasteiger charge is 2.48. The van der Waals surface area contributed by atoms with Crippen LogP contribution in [0.25, 0.3) is 0 Å². The highest BCUT2D eigenvalue weighted by molar-refractivity contribution is 5.97. The Kier molecular flexibility index (Phi) is 5.22. The second-order valence-corrected chi connectivity index (χ2v) is 7.42. The number of benzene rings is 1. The Hall–Kier alpha value is -2.68. The minimum Gasteiger partial charge on any atom is -0.444 e. The summed E-state index contributed by atoms with van der Waals surface area (Å²) in [5, 5.41) is 13.3. The van der Waals surface area contributed by atoms with Gasteiger partial charge in [-0.3, -0.25) is 19.8 Å². The van der Waals surface area contributed by atoms with E-state index in [4.69, 9.17) is 9.47 Å². The maximum atomic E-state index is 12.6. The number of ether oxygens (including phenoxy) is 2. The van der Waals surface area contributed by atoms with Gasteiger partial charge < -0.3 is 14.8 Å². The third-order valence-electron chi connectivity index (χ3n) is 3.72. The van der Waals surface area contributed by atoms with Crippen LogP contribution in [0.4, 0.5) is 16.2 Å². The highest BCUT2D eigenvalue weighted by Crippen LogP contribution is 2.30. The van der Waals surface area contributed by atoms with Gasteiger partial charge in [-0.25, -0.2) is 4.79 Å². The number of rotatable bonds is 3. The van der Waals surface area contributed by atoms with E-state index in [1.165, 1.54) is 29.2 Å². The first-order valence-corrected chi connectivity index (χ1v) is 8.12. The maximum absolute atomic E-state index is 12.6. The van der Waals surface area contributed by atoms with Crippen molar-refractivity contribution < 1.29 is 24.0 Å². The highest BCUT2D eigenvalue weighted by atomic mass is 16.6. The molecule has 0 spiro atoms. The average Bonchev–Trinajstić information content (AvgIpc) is 2.81. The van der Waals surface area contributed by atoms with Gasteiger partial charge in [0.2, 0.25) is 5.91 Å². The van der Waals surface area contributed by atoms with Gasteiger partial charge in [0.15, 0.2) is 0 Å². The number of amides is 2. The summed E-state index contributed by atoms with van der Waals surface area (Å²) in [4.78, 5) is 36.6. The minimum atomic E-state index is -1.00. The van der Waals surface area contributed by atoms with Gasteiger partial charge in [0.25, 0.3) is 5.69 Å². The van der Waals surface area contributed by atoms with E-state index in [1.807, 2.05) is 0 Å². The van der Waals surface area contributed by atoms with E-state index < -0.39 is 34.3 Å². The van der Waals surface area contributed by atoms with E-state index in [-0.39, 0.29) is 12.3 Å². The van der Waals surface area contributed by atoms with Crippen LogP contribution >= 0.6 is 0 Å². The smallest absolute Gasteiger partial charge is 0.413 e. The van der Waals surface area contributed by atoms with Crippen LogP contribution in [0.3, 0.4) is 0 Å². The Labute approximate surface area is 151 Å². The van der Waals surface area contributed by atoms with E-state index in [0.717, 1.165) is 0 Å². The van der Waals surface area contributed by atoms with Crippen LogP contribution in [0, 0.1) is 10.1 Å². The van der Waals surface area contributed by atoms with Crippen LogP contribution < -0.4 is 5.32 Å². The number of hydrogen-bond donors (Lipinski definition) is 1. The van der Waals surface area contributed by atoms with Gasteiger partial charge in [0.05, 0.1) is 11.5 Å². The zero-order chi connectivity index (χ0) is 19.7. The average molecular weight is 365 g/mol. The van der Waals surface area contributed by atoms with Gasteiger partial charge in [0, 0.05) is 17.8 Å². The molecule has 1 N–H and O–H groups in total. The summed E-state index contributed by atoms with van der Waals surface area (Å²) < 4.78 is 11.0. The Morgan fingerprint density at radius 3 is 2.38 bits per heavy atom. The molecule has 1 saturated heterocycles. The summed E-state index contributed by atoms with van der Waals surface area (Å²) in [6.07, 6.45) is -0.649. The summed E-state index contributed by atoms with van der Waals surface area (Å²) in [5.74, 6) is -0.463. The van der Waals surface area contributed by atoms with Gasteiger partial charge in [-0.1, -0.05) is 0 Å². The molecule has 1 aliphatic heterocycles. The second kappa shape index (κ2) is 6.91. The predicted octanol–water partition coefficient (Wildman–Crippen LogP) is 2.91. The molecule has 1 fully saturated rings. The Bertz CT molecular complexity index is 708. The summed E-state index contributed by atoms with van der Waals surface area (Å²) in [5.41, 5.74) is -1.41. The molecular formula is C17H23N3O6. The molecule has 0 bridgehead atoms. The van der Waals surface area contributed by atoms with Gasteiger partial charge in [-0.2, -0.15) is 0 Å². The summed E-state index contributed by atoms with van der Waals surface area (Å²) in [6.45, 7) is 8.58. The van der Waals surface area contributed by atoms with Crippen molar-refractivity contribution in [1.29, 1.82) is 0 Å². The standard InChI is InChI=1S/C17H23N3O6/c1-16(2,3)26-15(22)19-13(10-25-17(19,4)5)14(21)18-11-6-8-12(9-7-11)20(23)24/h6-9,13H,10H2,1-5H3,(H,18,21)/t13-/m1/s1. The molecule has 1 heterocycles. The molecule has 1 aromatic carbocycles. The number of carbonyl (C=O) groups excluding carboxylic acids is 2. The fraction of sp³-hybridized carbons (Fsp3) is 0.529. The second-order valence-electron chi connectivity index (χ2n) is 7.42. The lowest BCUT2D eigenvalue weighted by molar-refractivity contribution is -0.384. The lowest BCUT2D eigenvalue weighted by Gasteiger charge is -2.34. The first-order chi connectivity index (χ1) is 11.9. The molecule has 0 aliphatic carbocycles. The molecule has 142 valence electrons. The molecule has 0 radical (unpaired) electrons. The fourth-order valence-electron chi connectivity index (χ4n) is 2.55. The molecule has 0 aromatic heterocycles. The lowest BCUT2D eigenvalue weighted by Crippen LogP contribution is -2.53. The van der Waals surface area contributed by atoms with Gasteiger partial charge >= 0.3 is 6.09 Å². The largest absolute Gasteiger partial charge is 0.444 e. The van der Waals surface area contributed by atoms with Crippen molar-refractivity contribution in [2.75, 3.05) is 11.9 Å². The Morgan fingerprint density at radius 2 is 1.88 bits per heavy atom. The molecule has 1 atom stereocenters.